The summed E-state index contributed by atoms with van der Waals surface area (Å²) in [7, 11) is 1.62. The molecule has 0 bridgehead atoms. The van der Waals surface area contributed by atoms with Gasteiger partial charge in [0.25, 0.3) is 0 Å². The number of ether oxygens (including phenoxy) is 1. The van der Waals surface area contributed by atoms with E-state index in [0.29, 0.717) is 39.0 Å². The van der Waals surface area contributed by atoms with Crippen molar-refractivity contribution in [1.82, 2.24) is 9.80 Å². The molecule has 1 N–H and O–H groups in total. The number of anilines is 1. The van der Waals surface area contributed by atoms with Gasteiger partial charge in [0.2, 0.25) is 11.8 Å². The highest BCUT2D eigenvalue weighted by molar-refractivity contribution is 5.94. The predicted molar refractivity (Wildman–Crippen MR) is 119 cm³/mol. The predicted octanol–water partition coefficient (Wildman–Crippen LogP) is 3.47. The topological polar surface area (TPSA) is 61.9 Å². The lowest BCUT2D eigenvalue weighted by Crippen LogP contribution is -2.44. The Labute approximate surface area is 187 Å². The molecule has 1 aliphatic rings. The summed E-state index contributed by atoms with van der Waals surface area (Å²) in [6.45, 7) is 4.06. The Morgan fingerprint density at radius 2 is 1.81 bits per heavy atom. The molecule has 0 aliphatic carbocycles. The molecule has 0 radical (unpaired) electrons. The van der Waals surface area contributed by atoms with Gasteiger partial charge < -0.3 is 15.0 Å². The fourth-order valence-corrected chi connectivity index (χ4v) is 3.77. The summed E-state index contributed by atoms with van der Waals surface area (Å²) in [6.07, 6.45) is 1.81. The lowest BCUT2D eigenvalue weighted by molar-refractivity contribution is -0.131. The monoisotopic (exact) mass is 445 g/mol. The minimum absolute atomic E-state index is 0.0848. The molecule has 6 nitrogen and oxygen atoms in total. The number of aryl methyl sites for hydroxylation is 1. The van der Waals surface area contributed by atoms with Crippen LogP contribution in [0.4, 0.5) is 14.5 Å². The molecule has 0 spiro atoms. The summed E-state index contributed by atoms with van der Waals surface area (Å²) in [5, 5.41) is 2.46. The van der Waals surface area contributed by atoms with E-state index in [-0.39, 0.29) is 11.6 Å². The zero-order valence-corrected chi connectivity index (χ0v) is 18.4. The van der Waals surface area contributed by atoms with Crippen LogP contribution in [0.2, 0.25) is 0 Å². The van der Waals surface area contributed by atoms with Crippen molar-refractivity contribution in [2.45, 2.75) is 32.2 Å². The molecule has 1 fully saturated rings. The Kier molecular flexibility index (Phi) is 8.16. The SMILES string of the molecule is COc1ccc(CCC(=O)N2CCCN(C(C)C(=O)Nc3cc(F)ccc3F)CC2)cc1. The van der Waals surface area contributed by atoms with E-state index in [0.717, 1.165) is 35.9 Å². The maximum absolute atomic E-state index is 13.8. The average Bonchev–Trinajstić information content (AvgIpc) is 3.06. The number of benzene rings is 2. The van der Waals surface area contributed by atoms with Gasteiger partial charge in [-0.3, -0.25) is 14.5 Å². The zero-order valence-electron chi connectivity index (χ0n) is 18.4. The molecule has 3 rings (SSSR count). The highest BCUT2D eigenvalue weighted by Gasteiger charge is 2.26. The molecular formula is C24H29F2N3O3. The highest BCUT2D eigenvalue weighted by atomic mass is 19.1. The lowest BCUT2D eigenvalue weighted by atomic mass is 10.1. The standard InChI is InChI=1S/C24H29F2N3O3/c1-17(24(31)27-22-16-19(25)7-10-21(22)26)28-12-3-13-29(15-14-28)23(30)11-6-18-4-8-20(32-2)9-5-18/h4-5,7-10,16-17H,3,6,11-15H2,1-2H3,(H,27,31). The molecule has 172 valence electrons. The Bertz CT molecular complexity index is 937. The molecule has 1 unspecified atom stereocenters. The third-order valence-electron chi connectivity index (χ3n) is 5.78. The van der Waals surface area contributed by atoms with Gasteiger partial charge in [-0.25, -0.2) is 8.78 Å². The molecule has 8 heteroatoms. The fraction of sp³-hybridized carbons (Fsp3) is 0.417. The molecule has 2 amide bonds. The van der Waals surface area contributed by atoms with E-state index in [1.54, 1.807) is 14.0 Å². The van der Waals surface area contributed by atoms with Gasteiger partial charge in [-0.15, -0.1) is 0 Å². The van der Waals surface area contributed by atoms with Gasteiger partial charge in [-0.2, -0.15) is 0 Å². The number of halogens is 2. The number of nitrogens with zero attached hydrogens (tertiary/aromatic N) is 2. The maximum atomic E-state index is 13.8. The summed E-state index contributed by atoms with van der Waals surface area (Å²) in [5.41, 5.74) is 0.900. The summed E-state index contributed by atoms with van der Waals surface area (Å²) in [4.78, 5) is 29.1. The van der Waals surface area contributed by atoms with Crippen molar-refractivity contribution in [1.29, 1.82) is 0 Å². The second-order valence-electron chi connectivity index (χ2n) is 7.91. The summed E-state index contributed by atoms with van der Waals surface area (Å²) in [5.74, 6) is -0.842. The molecule has 1 aliphatic heterocycles. The van der Waals surface area contributed by atoms with Crippen molar-refractivity contribution in [2.24, 2.45) is 0 Å². The van der Waals surface area contributed by atoms with Gasteiger partial charge in [0.1, 0.15) is 17.4 Å². The number of rotatable bonds is 7. The molecular weight excluding hydrogens is 416 g/mol. The number of methoxy groups -OCH3 is 1. The minimum Gasteiger partial charge on any atom is -0.497 e. The van der Waals surface area contributed by atoms with E-state index in [1.165, 1.54) is 0 Å². The van der Waals surface area contributed by atoms with E-state index in [9.17, 15) is 18.4 Å². The molecule has 1 atom stereocenters. The van der Waals surface area contributed by atoms with Crippen LogP contribution in [-0.4, -0.2) is 60.9 Å². The first-order valence-corrected chi connectivity index (χ1v) is 10.8. The number of carbonyl (C=O) groups excluding carboxylic acids is 2. The normalized spacial score (nSPS) is 15.7. The van der Waals surface area contributed by atoms with Crippen molar-refractivity contribution in [3.05, 3.63) is 59.7 Å². The molecule has 0 saturated carbocycles. The van der Waals surface area contributed by atoms with Crippen LogP contribution in [0.25, 0.3) is 0 Å². The Morgan fingerprint density at radius 1 is 1.06 bits per heavy atom. The Morgan fingerprint density at radius 3 is 2.53 bits per heavy atom. The van der Waals surface area contributed by atoms with Crippen molar-refractivity contribution in [3.63, 3.8) is 0 Å². The molecule has 1 saturated heterocycles. The van der Waals surface area contributed by atoms with Crippen LogP contribution in [0.5, 0.6) is 5.75 Å². The first-order chi connectivity index (χ1) is 15.4. The van der Waals surface area contributed by atoms with Gasteiger partial charge in [0.15, 0.2) is 0 Å². The second kappa shape index (κ2) is 11.0. The third-order valence-corrected chi connectivity index (χ3v) is 5.78. The number of amides is 2. The van der Waals surface area contributed by atoms with Crippen molar-refractivity contribution in [2.75, 3.05) is 38.6 Å². The van der Waals surface area contributed by atoms with Crippen LogP contribution in [0.15, 0.2) is 42.5 Å². The average molecular weight is 446 g/mol. The maximum Gasteiger partial charge on any atom is 0.241 e. The van der Waals surface area contributed by atoms with E-state index in [4.69, 9.17) is 4.74 Å². The van der Waals surface area contributed by atoms with E-state index in [2.05, 4.69) is 5.32 Å². The van der Waals surface area contributed by atoms with Gasteiger partial charge in [0, 0.05) is 38.7 Å². The third kappa shape index (κ3) is 6.26. The molecule has 32 heavy (non-hydrogen) atoms. The number of carbonyl (C=O) groups is 2. The van der Waals surface area contributed by atoms with Crippen molar-refractivity contribution < 1.29 is 23.1 Å². The summed E-state index contributed by atoms with van der Waals surface area (Å²) < 4.78 is 32.3. The van der Waals surface area contributed by atoms with Crippen LogP contribution >= 0.6 is 0 Å². The van der Waals surface area contributed by atoms with Crippen molar-refractivity contribution >= 4 is 17.5 Å². The Hall–Kier alpha value is -3.00. The van der Waals surface area contributed by atoms with Gasteiger partial charge in [-0.1, -0.05) is 12.1 Å². The molecule has 2 aromatic carbocycles. The van der Waals surface area contributed by atoms with Crippen LogP contribution in [0.1, 0.15) is 25.3 Å². The van der Waals surface area contributed by atoms with Crippen LogP contribution < -0.4 is 10.1 Å². The summed E-state index contributed by atoms with van der Waals surface area (Å²) >= 11 is 0. The molecule has 0 aromatic heterocycles. The van der Waals surface area contributed by atoms with Gasteiger partial charge in [0.05, 0.1) is 18.8 Å². The molecule has 1 heterocycles. The largest absolute Gasteiger partial charge is 0.497 e. The number of nitrogens with one attached hydrogen (secondary N) is 1. The quantitative estimate of drug-likeness (QED) is 0.709. The minimum atomic E-state index is -0.684. The van der Waals surface area contributed by atoms with Crippen molar-refractivity contribution in [3.8, 4) is 5.75 Å². The second-order valence-corrected chi connectivity index (χ2v) is 7.91. The first kappa shape index (κ1) is 23.7. The smallest absolute Gasteiger partial charge is 0.241 e. The number of hydrogen-bond donors (Lipinski definition) is 1. The fourth-order valence-electron chi connectivity index (χ4n) is 3.77. The Balaban J connectivity index is 1.50. The van der Waals surface area contributed by atoms with Crippen LogP contribution in [0.3, 0.4) is 0 Å². The van der Waals surface area contributed by atoms with Gasteiger partial charge in [-0.05, 0) is 49.6 Å². The lowest BCUT2D eigenvalue weighted by Gasteiger charge is -2.27. The highest BCUT2D eigenvalue weighted by Crippen LogP contribution is 2.17. The molecule has 2 aromatic rings. The first-order valence-electron chi connectivity index (χ1n) is 10.8. The van der Waals surface area contributed by atoms with Crippen LogP contribution in [0, 0.1) is 11.6 Å². The van der Waals surface area contributed by atoms with Gasteiger partial charge >= 0.3 is 0 Å². The zero-order chi connectivity index (χ0) is 23.1. The van der Waals surface area contributed by atoms with Crippen LogP contribution in [-0.2, 0) is 16.0 Å². The van der Waals surface area contributed by atoms with E-state index in [1.807, 2.05) is 34.1 Å². The summed E-state index contributed by atoms with van der Waals surface area (Å²) in [6, 6.07) is 10.1. The number of hydrogen-bond acceptors (Lipinski definition) is 4. The van der Waals surface area contributed by atoms with E-state index >= 15 is 0 Å². The van der Waals surface area contributed by atoms with E-state index < -0.39 is 23.6 Å².